The molecule has 0 aliphatic heterocycles. The van der Waals surface area contributed by atoms with Gasteiger partial charge in [0, 0.05) is 0 Å². The molecule has 0 aliphatic carbocycles. The molecule has 0 bridgehead atoms. The number of anilines is 1. The second kappa shape index (κ2) is 4.78. The molecule has 3 nitrogen and oxygen atoms in total. The number of hydrogen-bond acceptors (Lipinski definition) is 3. The molecular formula is C15H11ClN2O. The number of nitrogens with two attached hydrogens (primary N) is 1. The van der Waals surface area contributed by atoms with Crippen LogP contribution in [0.2, 0.25) is 5.15 Å². The molecule has 0 radical (unpaired) electrons. The van der Waals surface area contributed by atoms with Crippen molar-refractivity contribution in [3.05, 3.63) is 59.8 Å². The van der Waals surface area contributed by atoms with Crippen LogP contribution >= 0.6 is 11.6 Å². The minimum atomic E-state index is 0.322. The topological polar surface area (TPSA) is 48.1 Å². The summed E-state index contributed by atoms with van der Waals surface area (Å²) in [6, 6.07) is 17.2. The largest absolute Gasteiger partial charge is 0.437 e. The van der Waals surface area contributed by atoms with Crippen LogP contribution in [0.1, 0.15) is 0 Å². The summed E-state index contributed by atoms with van der Waals surface area (Å²) >= 11 is 5.83. The van der Waals surface area contributed by atoms with Crippen molar-refractivity contribution in [2.75, 3.05) is 5.73 Å². The number of hydrogen-bond donors (Lipinski definition) is 1. The first-order valence-corrected chi connectivity index (χ1v) is 6.19. The third kappa shape index (κ3) is 2.46. The van der Waals surface area contributed by atoms with Gasteiger partial charge in [-0.05, 0) is 35.0 Å². The molecule has 0 saturated heterocycles. The number of rotatable bonds is 2. The van der Waals surface area contributed by atoms with Gasteiger partial charge in [0.2, 0.25) is 5.88 Å². The van der Waals surface area contributed by atoms with E-state index in [4.69, 9.17) is 22.1 Å². The van der Waals surface area contributed by atoms with Crippen molar-refractivity contribution in [1.82, 2.24) is 4.98 Å². The zero-order valence-electron chi connectivity index (χ0n) is 10.0. The van der Waals surface area contributed by atoms with Crippen molar-refractivity contribution in [2.24, 2.45) is 0 Å². The Bertz CT molecular complexity index is 743. The quantitative estimate of drug-likeness (QED) is 0.708. The molecule has 1 aromatic heterocycles. The highest BCUT2D eigenvalue weighted by Gasteiger charge is 2.05. The normalized spacial score (nSPS) is 10.6. The van der Waals surface area contributed by atoms with Crippen molar-refractivity contribution in [2.45, 2.75) is 0 Å². The lowest BCUT2D eigenvalue weighted by atomic mass is 10.1. The smallest absolute Gasteiger partial charge is 0.244 e. The summed E-state index contributed by atoms with van der Waals surface area (Å²) in [5.41, 5.74) is 6.26. The Morgan fingerprint density at radius 3 is 2.58 bits per heavy atom. The molecule has 0 amide bonds. The molecule has 19 heavy (non-hydrogen) atoms. The van der Waals surface area contributed by atoms with Crippen molar-refractivity contribution < 1.29 is 4.74 Å². The number of nitrogen functional groups attached to an aromatic ring is 1. The molecule has 0 spiro atoms. The van der Waals surface area contributed by atoms with E-state index < -0.39 is 0 Å². The standard InChI is InChI=1S/C15H11ClN2O/c16-14-8-7-13(17)15(18-14)19-12-6-5-10-3-1-2-4-11(10)9-12/h1-9H,17H2. The van der Waals surface area contributed by atoms with E-state index in [0.717, 1.165) is 10.8 Å². The van der Waals surface area contributed by atoms with Gasteiger partial charge in [0.1, 0.15) is 10.9 Å². The molecule has 0 unspecified atom stereocenters. The molecule has 0 aliphatic rings. The van der Waals surface area contributed by atoms with Crippen LogP contribution in [0, 0.1) is 0 Å². The molecule has 1 heterocycles. The van der Waals surface area contributed by atoms with Crippen LogP contribution in [0.5, 0.6) is 11.6 Å². The molecule has 3 rings (SSSR count). The predicted octanol–water partition coefficient (Wildman–Crippen LogP) is 4.26. The Morgan fingerprint density at radius 1 is 0.947 bits per heavy atom. The fraction of sp³-hybridized carbons (Fsp3) is 0. The number of nitrogens with zero attached hydrogens (tertiary/aromatic N) is 1. The lowest BCUT2D eigenvalue weighted by molar-refractivity contribution is 0.466. The first-order valence-electron chi connectivity index (χ1n) is 5.81. The molecule has 0 saturated carbocycles. The summed E-state index contributed by atoms with van der Waals surface area (Å²) in [4.78, 5) is 4.07. The van der Waals surface area contributed by atoms with Gasteiger partial charge in [-0.15, -0.1) is 0 Å². The first-order chi connectivity index (χ1) is 9.22. The van der Waals surface area contributed by atoms with Gasteiger partial charge in [0.25, 0.3) is 0 Å². The fourth-order valence-corrected chi connectivity index (χ4v) is 1.99. The average Bonchev–Trinajstić information content (AvgIpc) is 2.43. The van der Waals surface area contributed by atoms with Crippen LogP contribution in [-0.2, 0) is 0 Å². The molecule has 3 aromatic rings. The average molecular weight is 271 g/mol. The van der Waals surface area contributed by atoms with E-state index in [1.165, 1.54) is 0 Å². The lowest BCUT2D eigenvalue weighted by Gasteiger charge is -2.08. The Hall–Kier alpha value is -2.26. The molecule has 0 fully saturated rings. The summed E-state index contributed by atoms with van der Waals surface area (Å²) in [5, 5.41) is 2.60. The SMILES string of the molecule is Nc1ccc(Cl)nc1Oc1ccc2ccccc2c1. The lowest BCUT2D eigenvalue weighted by Crippen LogP contribution is -1.95. The van der Waals surface area contributed by atoms with Gasteiger partial charge in [0.15, 0.2) is 0 Å². The number of pyridine rings is 1. The highest BCUT2D eigenvalue weighted by atomic mass is 35.5. The third-order valence-corrected chi connectivity index (χ3v) is 3.00. The van der Waals surface area contributed by atoms with E-state index in [9.17, 15) is 0 Å². The van der Waals surface area contributed by atoms with Crippen molar-refractivity contribution in [3.8, 4) is 11.6 Å². The van der Waals surface area contributed by atoms with Crippen molar-refractivity contribution in [3.63, 3.8) is 0 Å². The number of benzene rings is 2. The van der Waals surface area contributed by atoms with Gasteiger partial charge < -0.3 is 10.5 Å². The first kappa shape index (κ1) is 11.8. The summed E-state index contributed by atoms with van der Waals surface area (Å²) in [6.45, 7) is 0. The van der Waals surface area contributed by atoms with Gasteiger partial charge in [-0.25, -0.2) is 0 Å². The molecular weight excluding hydrogens is 260 g/mol. The highest BCUT2D eigenvalue weighted by Crippen LogP contribution is 2.28. The Morgan fingerprint density at radius 2 is 1.74 bits per heavy atom. The van der Waals surface area contributed by atoms with Crippen molar-refractivity contribution in [1.29, 1.82) is 0 Å². The van der Waals surface area contributed by atoms with Gasteiger partial charge in [-0.1, -0.05) is 41.9 Å². The van der Waals surface area contributed by atoms with Crippen LogP contribution < -0.4 is 10.5 Å². The minimum absolute atomic E-state index is 0.322. The molecule has 94 valence electrons. The Labute approximate surface area is 115 Å². The Kier molecular flexibility index (Phi) is 2.97. The summed E-state index contributed by atoms with van der Waals surface area (Å²) in [6.07, 6.45) is 0. The maximum absolute atomic E-state index is 5.83. The van der Waals surface area contributed by atoms with Crippen LogP contribution in [0.4, 0.5) is 5.69 Å². The molecule has 2 aromatic carbocycles. The fourth-order valence-electron chi connectivity index (χ4n) is 1.85. The van der Waals surface area contributed by atoms with Crippen LogP contribution in [0.25, 0.3) is 10.8 Å². The van der Waals surface area contributed by atoms with Crippen LogP contribution in [0.3, 0.4) is 0 Å². The molecule has 2 N–H and O–H groups in total. The maximum Gasteiger partial charge on any atom is 0.244 e. The molecule has 4 heteroatoms. The summed E-state index contributed by atoms with van der Waals surface area (Å²) in [7, 11) is 0. The summed E-state index contributed by atoms with van der Waals surface area (Å²) < 4.78 is 5.68. The van der Waals surface area contributed by atoms with E-state index >= 15 is 0 Å². The van der Waals surface area contributed by atoms with E-state index in [1.54, 1.807) is 12.1 Å². The summed E-state index contributed by atoms with van der Waals surface area (Å²) in [5.74, 6) is 1.00. The zero-order valence-corrected chi connectivity index (χ0v) is 10.8. The zero-order chi connectivity index (χ0) is 13.2. The van der Waals surface area contributed by atoms with E-state index in [0.29, 0.717) is 22.5 Å². The third-order valence-electron chi connectivity index (χ3n) is 2.79. The van der Waals surface area contributed by atoms with E-state index in [1.807, 2.05) is 42.5 Å². The second-order valence-corrected chi connectivity index (χ2v) is 4.53. The molecule has 0 atom stereocenters. The number of halogens is 1. The second-order valence-electron chi connectivity index (χ2n) is 4.14. The van der Waals surface area contributed by atoms with Gasteiger partial charge in [0.05, 0.1) is 5.69 Å². The van der Waals surface area contributed by atoms with E-state index in [-0.39, 0.29) is 0 Å². The number of ether oxygens (including phenoxy) is 1. The van der Waals surface area contributed by atoms with Crippen molar-refractivity contribution >= 4 is 28.1 Å². The van der Waals surface area contributed by atoms with Crippen LogP contribution in [0.15, 0.2) is 54.6 Å². The number of fused-ring (bicyclic) bond motifs is 1. The predicted molar refractivity (Wildman–Crippen MR) is 77.7 cm³/mol. The van der Waals surface area contributed by atoms with Gasteiger partial charge in [-0.3, -0.25) is 0 Å². The van der Waals surface area contributed by atoms with E-state index in [2.05, 4.69) is 4.98 Å². The minimum Gasteiger partial charge on any atom is -0.437 e. The van der Waals surface area contributed by atoms with Gasteiger partial charge in [-0.2, -0.15) is 4.98 Å². The Balaban J connectivity index is 1.98. The number of aromatic nitrogens is 1. The monoisotopic (exact) mass is 270 g/mol. The highest BCUT2D eigenvalue weighted by molar-refractivity contribution is 6.29. The van der Waals surface area contributed by atoms with Gasteiger partial charge >= 0.3 is 0 Å². The van der Waals surface area contributed by atoms with Crippen LogP contribution in [-0.4, -0.2) is 4.98 Å². The maximum atomic E-state index is 5.83.